The van der Waals surface area contributed by atoms with Crippen molar-refractivity contribution in [1.82, 2.24) is 5.32 Å². The quantitative estimate of drug-likeness (QED) is 0.418. The van der Waals surface area contributed by atoms with Crippen molar-refractivity contribution >= 4 is 17.6 Å². The molecule has 2 rings (SSSR count). The molecule has 120 valence electrons. The first-order valence-corrected chi connectivity index (χ1v) is 8.41. The van der Waals surface area contributed by atoms with E-state index in [-0.39, 0.29) is 5.91 Å². The van der Waals surface area contributed by atoms with Gasteiger partial charge in [-0.25, -0.2) is 0 Å². The maximum absolute atomic E-state index is 12.6. The summed E-state index contributed by atoms with van der Waals surface area (Å²) in [5.74, 6) is -0.00319. The van der Waals surface area contributed by atoms with Crippen LogP contribution in [0.3, 0.4) is 0 Å². The van der Waals surface area contributed by atoms with Gasteiger partial charge in [-0.3, -0.25) is 4.79 Å². The van der Waals surface area contributed by atoms with Gasteiger partial charge < -0.3 is 5.32 Å². The fourth-order valence-corrected chi connectivity index (χ4v) is 2.46. The van der Waals surface area contributed by atoms with E-state index in [1.807, 2.05) is 66.7 Å². The maximum atomic E-state index is 12.6. The Balaban J connectivity index is 2.11. The third-order valence-electron chi connectivity index (χ3n) is 3.76. The lowest BCUT2D eigenvalue weighted by Crippen LogP contribution is -2.25. The monoisotopic (exact) mass is 307 g/mol. The summed E-state index contributed by atoms with van der Waals surface area (Å²) in [6, 6.07) is 19.8. The van der Waals surface area contributed by atoms with E-state index in [4.69, 9.17) is 0 Å². The number of amides is 1. The highest BCUT2D eigenvalue weighted by molar-refractivity contribution is 6.24. The molecule has 0 unspecified atom stereocenters. The predicted octanol–water partition coefficient (Wildman–Crippen LogP) is 4.92. The lowest BCUT2D eigenvalue weighted by atomic mass is 10.0. The van der Waals surface area contributed by atoms with Gasteiger partial charge in [-0.05, 0) is 23.6 Å². The van der Waals surface area contributed by atoms with Crippen molar-refractivity contribution in [2.75, 3.05) is 6.54 Å². The molecule has 0 bridgehead atoms. The fourth-order valence-electron chi connectivity index (χ4n) is 2.46. The number of unbranched alkanes of at least 4 members (excludes halogenated alkanes) is 3. The SMILES string of the molecule is CCCCCCNC(=O)/C(=C\c1ccccc1)c1ccccc1. The van der Waals surface area contributed by atoms with Crippen LogP contribution in [0.4, 0.5) is 0 Å². The van der Waals surface area contributed by atoms with Crippen LogP contribution in [0.2, 0.25) is 0 Å². The summed E-state index contributed by atoms with van der Waals surface area (Å²) in [4.78, 5) is 12.6. The van der Waals surface area contributed by atoms with Crippen LogP contribution < -0.4 is 5.32 Å². The molecule has 2 nitrogen and oxygen atoms in total. The van der Waals surface area contributed by atoms with Crippen molar-refractivity contribution < 1.29 is 4.79 Å². The molecule has 0 aliphatic rings. The van der Waals surface area contributed by atoms with Gasteiger partial charge in [0.05, 0.1) is 0 Å². The highest BCUT2D eigenvalue weighted by Gasteiger charge is 2.11. The van der Waals surface area contributed by atoms with Crippen molar-refractivity contribution in [1.29, 1.82) is 0 Å². The predicted molar refractivity (Wildman–Crippen MR) is 97.9 cm³/mol. The first-order chi connectivity index (χ1) is 11.3. The topological polar surface area (TPSA) is 29.1 Å². The average Bonchev–Trinajstić information content (AvgIpc) is 2.61. The lowest BCUT2D eigenvalue weighted by Gasteiger charge is -2.10. The Hall–Kier alpha value is -2.35. The van der Waals surface area contributed by atoms with Crippen LogP contribution in [0.15, 0.2) is 60.7 Å². The van der Waals surface area contributed by atoms with E-state index in [0.717, 1.165) is 24.1 Å². The number of hydrogen-bond acceptors (Lipinski definition) is 1. The normalized spacial score (nSPS) is 11.3. The molecule has 2 aromatic rings. The zero-order valence-electron chi connectivity index (χ0n) is 13.8. The molecule has 1 amide bonds. The Morgan fingerprint density at radius 3 is 2.22 bits per heavy atom. The van der Waals surface area contributed by atoms with Crippen molar-refractivity contribution in [3.63, 3.8) is 0 Å². The van der Waals surface area contributed by atoms with Gasteiger partial charge >= 0.3 is 0 Å². The molecule has 0 radical (unpaired) electrons. The van der Waals surface area contributed by atoms with Crippen LogP contribution in [-0.4, -0.2) is 12.5 Å². The van der Waals surface area contributed by atoms with Crippen LogP contribution in [0, 0.1) is 0 Å². The van der Waals surface area contributed by atoms with Gasteiger partial charge in [0.2, 0.25) is 0 Å². The van der Waals surface area contributed by atoms with E-state index >= 15 is 0 Å². The van der Waals surface area contributed by atoms with E-state index in [9.17, 15) is 4.79 Å². The summed E-state index contributed by atoms with van der Waals surface area (Å²) in [7, 11) is 0. The van der Waals surface area contributed by atoms with Gasteiger partial charge in [0, 0.05) is 12.1 Å². The highest BCUT2D eigenvalue weighted by atomic mass is 16.1. The summed E-state index contributed by atoms with van der Waals surface area (Å²) < 4.78 is 0. The van der Waals surface area contributed by atoms with E-state index in [0.29, 0.717) is 5.57 Å². The Bertz CT molecular complexity index is 617. The zero-order chi connectivity index (χ0) is 16.3. The summed E-state index contributed by atoms with van der Waals surface area (Å²) in [5, 5.41) is 3.05. The standard InChI is InChI=1S/C21H25NO/c1-2-3-4-11-16-22-21(23)20(19-14-9-6-10-15-19)17-18-12-7-5-8-13-18/h5-10,12-15,17H,2-4,11,16H2,1H3,(H,22,23)/b20-17-. The molecule has 0 aliphatic carbocycles. The smallest absolute Gasteiger partial charge is 0.251 e. The molecule has 0 aromatic heterocycles. The Labute approximate surface area is 139 Å². The van der Waals surface area contributed by atoms with E-state index in [2.05, 4.69) is 12.2 Å². The molecule has 0 spiro atoms. The third-order valence-corrected chi connectivity index (χ3v) is 3.76. The second-order valence-corrected chi connectivity index (χ2v) is 5.65. The number of rotatable bonds is 8. The van der Waals surface area contributed by atoms with Gasteiger partial charge in [0.15, 0.2) is 0 Å². The van der Waals surface area contributed by atoms with Crippen LogP contribution in [0.25, 0.3) is 11.6 Å². The molecule has 2 heteroatoms. The number of carbonyl (C=O) groups excluding carboxylic acids is 1. The molecular formula is C21H25NO. The van der Waals surface area contributed by atoms with E-state index in [1.165, 1.54) is 19.3 Å². The van der Waals surface area contributed by atoms with Crippen LogP contribution in [-0.2, 0) is 4.79 Å². The van der Waals surface area contributed by atoms with Crippen LogP contribution in [0.5, 0.6) is 0 Å². The molecule has 0 saturated heterocycles. The second kappa shape index (κ2) is 9.62. The van der Waals surface area contributed by atoms with E-state index < -0.39 is 0 Å². The van der Waals surface area contributed by atoms with Crippen LogP contribution >= 0.6 is 0 Å². The van der Waals surface area contributed by atoms with E-state index in [1.54, 1.807) is 0 Å². The van der Waals surface area contributed by atoms with Gasteiger partial charge in [-0.1, -0.05) is 86.8 Å². The summed E-state index contributed by atoms with van der Waals surface area (Å²) in [5.41, 5.74) is 2.70. The van der Waals surface area contributed by atoms with Gasteiger partial charge in [-0.2, -0.15) is 0 Å². The first kappa shape index (κ1) is 17.0. The minimum Gasteiger partial charge on any atom is -0.352 e. The molecule has 1 N–H and O–H groups in total. The maximum Gasteiger partial charge on any atom is 0.251 e. The van der Waals surface area contributed by atoms with Crippen molar-refractivity contribution in [3.8, 4) is 0 Å². The second-order valence-electron chi connectivity index (χ2n) is 5.65. The minimum absolute atomic E-state index is 0.00319. The molecule has 0 saturated carbocycles. The minimum atomic E-state index is -0.00319. The Morgan fingerprint density at radius 2 is 1.57 bits per heavy atom. The van der Waals surface area contributed by atoms with Gasteiger partial charge in [-0.15, -0.1) is 0 Å². The molecule has 0 heterocycles. The summed E-state index contributed by atoms with van der Waals surface area (Å²) in [6.07, 6.45) is 6.59. The van der Waals surface area contributed by atoms with Gasteiger partial charge in [0.25, 0.3) is 5.91 Å². The lowest BCUT2D eigenvalue weighted by molar-refractivity contribution is -0.115. The summed E-state index contributed by atoms with van der Waals surface area (Å²) >= 11 is 0. The third kappa shape index (κ3) is 5.74. The number of benzene rings is 2. The molecule has 0 atom stereocenters. The number of nitrogens with one attached hydrogen (secondary N) is 1. The fraction of sp³-hybridized carbons (Fsp3) is 0.286. The highest BCUT2D eigenvalue weighted by Crippen LogP contribution is 2.18. The van der Waals surface area contributed by atoms with Crippen molar-refractivity contribution in [3.05, 3.63) is 71.8 Å². The van der Waals surface area contributed by atoms with Gasteiger partial charge in [0.1, 0.15) is 0 Å². The average molecular weight is 307 g/mol. The molecule has 23 heavy (non-hydrogen) atoms. The first-order valence-electron chi connectivity index (χ1n) is 8.41. The zero-order valence-corrected chi connectivity index (χ0v) is 13.8. The Kier molecular flexibility index (Phi) is 7.12. The molecule has 0 fully saturated rings. The Morgan fingerprint density at radius 1 is 0.913 bits per heavy atom. The summed E-state index contributed by atoms with van der Waals surface area (Å²) in [6.45, 7) is 2.92. The molecule has 2 aromatic carbocycles. The van der Waals surface area contributed by atoms with Crippen molar-refractivity contribution in [2.24, 2.45) is 0 Å². The largest absolute Gasteiger partial charge is 0.352 e. The molecule has 0 aliphatic heterocycles. The van der Waals surface area contributed by atoms with Crippen molar-refractivity contribution in [2.45, 2.75) is 32.6 Å². The molecular weight excluding hydrogens is 282 g/mol. The number of hydrogen-bond donors (Lipinski definition) is 1. The number of carbonyl (C=O) groups is 1. The van der Waals surface area contributed by atoms with Crippen LogP contribution in [0.1, 0.15) is 43.7 Å².